The Morgan fingerprint density at radius 3 is 2.78 bits per heavy atom. The Balaban J connectivity index is 2.10. The highest BCUT2D eigenvalue weighted by molar-refractivity contribution is 5.88. The molecule has 1 saturated carbocycles. The van der Waals surface area contributed by atoms with E-state index >= 15 is 0 Å². The van der Waals surface area contributed by atoms with Crippen molar-refractivity contribution in [2.45, 2.75) is 57.6 Å². The average Bonchev–Trinajstić information content (AvgIpc) is 2.86. The molecule has 0 atom stereocenters. The van der Waals surface area contributed by atoms with Gasteiger partial charge in [0, 0.05) is 13.7 Å². The molecule has 0 radical (unpaired) electrons. The Hall–Kier alpha value is -1.23. The van der Waals surface area contributed by atoms with Crippen LogP contribution in [0, 0.1) is 0 Å². The van der Waals surface area contributed by atoms with Crippen LogP contribution in [0.2, 0.25) is 0 Å². The predicted octanol–water partition coefficient (Wildman–Crippen LogP) is 1.76. The van der Waals surface area contributed by atoms with Crippen LogP contribution >= 0.6 is 0 Å². The van der Waals surface area contributed by atoms with Crippen LogP contribution in [-0.2, 0) is 22.5 Å². The Morgan fingerprint density at radius 1 is 1.44 bits per heavy atom. The predicted molar refractivity (Wildman–Crippen MR) is 67.2 cm³/mol. The topological polar surface area (TPSA) is 57.0 Å². The van der Waals surface area contributed by atoms with Crippen LogP contribution in [0.1, 0.15) is 44.9 Å². The molecule has 0 N–H and O–H groups in total. The highest BCUT2D eigenvalue weighted by Gasteiger charge is 2.39. The van der Waals surface area contributed by atoms with Gasteiger partial charge in [-0.25, -0.2) is 9.67 Å². The fourth-order valence-corrected chi connectivity index (χ4v) is 2.71. The molecular formula is C13H21N3O2. The number of hydrogen-bond acceptors (Lipinski definition) is 4. The summed E-state index contributed by atoms with van der Waals surface area (Å²) in [5.74, 6) is 0.886. The van der Waals surface area contributed by atoms with Crippen LogP contribution in [0.25, 0.3) is 0 Å². The SMILES string of the molecule is CCn1ncnc1CC(=O)C1(OC)CCCCC1. The first kappa shape index (κ1) is 13.2. The second-order valence-corrected chi connectivity index (χ2v) is 4.85. The number of hydrogen-bond donors (Lipinski definition) is 0. The van der Waals surface area contributed by atoms with Crippen LogP contribution in [0.4, 0.5) is 0 Å². The van der Waals surface area contributed by atoms with E-state index in [1.54, 1.807) is 11.8 Å². The van der Waals surface area contributed by atoms with Crippen molar-refractivity contribution in [3.8, 4) is 0 Å². The molecule has 0 amide bonds. The minimum absolute atomic E-state index is 0.146. The third kappa shape index (κ3) is 2.46. The van der Waals surface area contributed by atoms with E-state index in [0.717, 1.165) is 38.1 Å². The van der Waals surface area contributed by atoms with Crippen molar-refractivity contribution in [2.75, 3.05) is 7.11 Å². The molecule has 0 aromatic carbocycles. The second-order valence-electron chi connectivity index (χ2n) is 4.85. The molecule has 5 nitrogen and oxygen atoms in total. The summed E-state index contributed by atoms with van der Waals surface area (Å²) in [6, 6.07) is 0. The molecule has 18 heavy (non-hydrogen) atoms. The Labute approximate surface area is 108 Å². The van der Waals surface area contributed by atoms with E-state index in [-0.39, 0.29) is 5.78 Å². The highest BCUT2D eigenvalue weighted by atomic mass is 16.5. The molecule has 0 saturated heterocycles. The van der Waals surface area contributed by atoms with Crippen molar-refractivity contribution in [1.29, 1.82) is 0 Å². The van der Waals surface area contributed by atoms with Crippen molar-refractivity contribution in [3.05, 3.63) is 12.2 Å². The first-order valence-electron chi connectivity index (χ1n) is 6.67. The minimum Gasteiger partial charge on any atom is -0.370 e. The standard InChI is InChI=1S/C13H21N3O2/c1-3-16-12(14-10-15-16)9-11(17)13(18-2)7-5-4-6-8-13/h10H,3-9H2,1-2H3. The quantitative estimate of drug-likeness (QED) is 0.800. The molecule has 0 bridgehead atoms. The van der Waals surface area contributed by atoms with Gasteiger partial charge in [0.15, 0.2) is 5.78 Å². The third-order valence-corrected chi connectivity index (χ3v) is 3.87. The van der Waals surface area contributed by atoms with Gasteiger partial charge in [-0.05, 0) is 19.8 Å². The molecule has 1 aromatic rings. The van der Waals surface area contributed by atoms with E-state index in [2.05, 4.69) is 10.1 Å². The number of aryl methyl sites for hydroxylation is 1. The van der Waals surface area contributed by atoms with Crippen molar-refractivity contribution in [3.63, 3.8) is 0 Å². The number of Topliss-reactive ketones (excluding diaryl/α,β-unsaturated/α-hetero) is 1. The molecule has 1 fully saturated rings. The van der Waals surface area contributed by atoms with Crippen LogP contribution in [-0.4, -0.2) is 33.3 Å². The van der Waals surface area contributed by atoms with Gasteiger partial charge < -0.3 is 4.74 Å². The van der Waals surface area contributed by atoms with Gasteiger partial charge in [0.05, 0.1) is 6.42 Å². The number of aromatic nitrogens is 3. The molecule has 1 heterocycles. The van der Waals surface area contributed by atoms with E-state index in [4.69, 9.17) is 4.74 Å². The molecule has 1 aliphatic carbocycles. The number of nitrogens with zero attached hydrogens (tertiary/aromatic N) is 3. The summed E-state index contributed by atoms with van der Waals surface area (Å²) < 4.78 is 7.32. The lowest BCUT2D eigenvalue weighted by atomic mass is 9.80. The zero-order valence-electron chi connectivity index (χ0n) is 11.2. The number of carbonyl (C=O) groups excluding carboxylic acids is 1. The number of carbonyl (C=O) groups is 1. The largest absolute Gasteiger partial charge is 0.370 e. The van der Waals surface area contributed by atoms with Crippen LogP contribution in [0.3, 0.4) is 0 Å². The van der Waals surface area contributed by atoms with Crippen molar-refractivity contribution in [1.82, 2.24) is 14.8 Å². The molecule has 0 aliphatic heterocycles. The van der Waals surface area contributed by atoms with E-state index in [1.807, 2.05) is 6.92 Å². The lowest BCUT2D eigenvalue weighted by Gasteiger charge is -2.34. The lowest BCUT2D eigenvalue weighted by Crippen LogP contribution is -2.43. The molecular weight excluding hydrogens is 230 g/mol. The normalized spacial score (nSPS) is 18.8. The minimum atomic E-state index is -0.581. The molecule has 100 valence electrons. The first-order valence-corrected chi connectivity index (χ1v) is 6.67. The van der Waals surface area contributed by atoms with E-state index in [9.17, 15) is 4.79 Å². The zero-order valence-corrected chi connectivity index (χ0v) is 11.2. The summed E-state index contributed by atoms with van der Waals surface area (Å²) in [6.07, 6.45) is 6.84. The molecule has 1 aliphatic rings. The zero-order chi connectivity index (χ0) is 13.0. The van der Waals surface area contributed by atoms with E-state index < -0.39 is 5.60 Å². The fraction of sp³-hybridized carbons (Fsp3) is 0.769. The smallest absolute Gasteiger partial charge is 0.172 e. The number of methoxy groups -OCH3 is 1. The average molecular weight is 251 g/mol. The van der Waals surface area contributed by atoms with Gasteiger partial charge in [-0.3, -0.25) is 4.79 Å². The molecule has 5 heteroatoms. The summed E-state index contributed by atoms with van der Waals surface area (Å²) >= 11 is 0. The molecule has 0 unspecified atom stereocenters. The van der Waals surface area contributed by atoms with Gasteiger partial charge in [0.25, 0.3) is 0 Å². The third-order valence-electron chi connectivity index (χ3n) is 3.87. The summed E-state index contributed by atoms with van der Waals surface area (Å²) in [6.45, 7) is 2.73. The maximum Gasteiger partial charge on any atom is 0.172 e. The van der Waals surface area contributed by atoms with Gasteiger partial charge in [0.1, 0.15) is 17.8 Å². The maximum absolute atomic E-state index is 12.5. The van der Waals surface area contributed by atoms with E-state index in [1.165, 1.54) is 12.7 Å². The number of rotatable bonds is 5. The molecule has 0 spiro atoms. The Kier molecular flexibility index (Phi) is 4.11. The monoisotopic (exact) mass is 251 g/mol. The van der Waals surface area contributed by atoms with Crippen molar-refractivity contribution < 1.29 is 9.53 Å². The Morgan fingerprint density at radius 2 is 2.17 bits per heavy atom. The summed E-state index contributed by atoms with van der Waals surface area (Å²) in [5, 5.41) is 4.09. The van der Waals surface area contributed by atoms with Crippen LogP contribution < -0.4 is 0 Å². The van der Waals surface area contributed by atoms with Gasteiger partial charge in [-0.2, -0.15) is 5.10 Å². The van der Waals surface area contributed by atoms with Crippen LogP contribution in [0.15, 0.2) is 6.33 Å². The van der Waals surface area contributed by atoms with Gasteiger partial charge in [-0.15, -0.1) is 0 Å². The van der Waals surface area contributed by atoms with Gasteiger partial charge in [0.2, 0.25) is 0 Å². The maximum atomic E-state index is 12.5. The van der Waals surface area contributed by atoms with Crippen molar-refractivity contribution >= 4 is 5.78 Å². The summed E-state index contributed by atoms with van der Waals surface area (Å²) in [7, 11) is 1.65. The fourth-order valence-electron chi connectivity index (χ4n) is 2.71. The summed E-state index contributed by atoms with van der Waals surface area (Å²) in [5.41, 5.74) is -0.581. The first-order chi connectivity index (χ1) is 8.72. The summed E-state index contributed by atoms with van der Waals surface area (Å²) in [4.78, 5) is 16.6. The van der Waals surface area contributed by atoms with Crippen LogP contribution in [0.5, 0.6) is 0 Å². The molecule has 1 aromatic heterocycles. The number of ether oxygens (including phenoxy) is 1. The van der Waals surface area contributed by atoms with Gasteiger partial charge >= 0.3 is 0 Å². The van der Waals surface area contributed by atoms with Crippen molar-refractivity contribution in [2.24, 2.45) is 0 Å². The van der Waals surface area contributed by atoms with Gasteiger partial charge in [-0.1, -0.05) is 19.3 Å². The Bertz CT molecular complexity index is 408. The lowest BCUT2D eigenvalue weighted by molar-refractivity contribution is -0.144. The van der Waals surface area contributed by atoms with E-state index in [0.29, 0.717) is 6.42 Å². The second kappa shape index (κ2) is 5.61. The molecule has 2 rings (SSSR count). The highest BCUT2D eigenvalue weighted by Crippen LogP contribution is 2.32. The number of ketones is 1.